The Morgan fingerprint density at radius 2 is 1.92 bits per heavy atom. The van der Waals surface area contributed by atoms with E-state index in [-0.39, 0.29) is 30.7 Å². The number of aliphatic imine (C=N–C) groups is 1. The van der Waals surface area contributed by atoms with E-state index in [0.29, 0.717) is 43.2 Å². The van der Waals surface area contributed by atoms with Crippen LogP contribution >= 0.6 is 0 Å². The number of ether oxygens (including phenoxy) is 1. The summed E-state index contributed by atoms with van der Waals surface area (Å²) in [5.74, 6) is 2.10. The lowest BCUT2D eigenvalue weighted by Crippen LogP contribution is -2.51. The van der Waals surface area contributed by atoms with Crippen molar-refractivity contribution in [2.45, 2.75) is 71.3 Å². The Labute approximate surface area is 214 Å². The number of anilines is 1. The highest BCUT2D eigenvalue weighted by Gasteiger charge is 2.48. The molecule has 10 heteroatoms. The van der Waals surface area contributed by atoms with Crippen molar-refractivity contribution in [1.29, 1.82) is 0 Å². The summed E-state index contributed by atoms with van der Waals surface area (Å²) in [6.07, 6.45) is 5.50. The molecule has 2 aliphatic heterocycles. The van der Waals surface area contributed by atoms with Gasteiger partial charge in [0.05, 0.1) is 12.4 Å². The fraction of sp³-hybridized carbons (Fsp3) is 0.654. The summed E-state index contributed by atoms with van der Waals surface area (Å²) in [7, 11) is -3.52. The number of carbonyl (C=O) groups excluding carboxylic acids is 2. The summed E-state index contributed by atoms with van der Waals surface area (Å²) in [6.45, 7) is 6.56. The maximum Gasteiger partial charge on any atom is 0.253 e. The van der Waals surface area contributed by atoms with E-state index in [0.717, 1.165) is 43.0 Å². The minimum absolute atomic E-state index is 0.0550. The molecule has 0 radical (unpaired) electrons. The minimum Gasteiger partial charge on any atom is -0.494 e. The number of sulfonamides is 1. The number of amides is 2. The Balaban J connectivity index is 1.37. The van der Waals surface area contributed by atoms with Gasteiger partial charge in [0.1, 0.15) is 17.1 Å². The summed E-state index contributed by atoms with van der Waals surface area (Å²) in [5.41, 5.74) is 0.553. The highest BCUT2D eigenvalue weighted by atomic mass is 32.2. The van der Waals surface area contributed by atoms with Gasteiger partial charge in [-0.05, 0) is 56.6 Å². The van der Waals surface area contributed by atoms with Crippen molar-refractivity contribution in [2.24, 2.45) is 16.8 Å². The second kappa shape index (κ2) is 10.9. The third-order valence-electron chi connectivity index (χ3n) is 7.66. The lowest BCUT2D eigenvalue weighted by molar-refractivity contribution is -0.125. The van der Waals surface area contributed by atoms with Crippen LogP contribution in [0.1, 0.15) is 64.9 Å². The van der Waals surface area contributed by atoms with Gasteiger partial charge in [-0.1, -0.05) is 25.8 Å². The first-order valence-electron chi connectivity index (χ1n) is 13.0. The van der Waals surface area contributed by atoms with Gasteiger partial charge in [-0.3, -0.25) is 14.6 Å². The van der Waals surface area contributed by atoms with E-state index in [1.54, 1.807) is 18.2 Å². The molecular weight excluding hydrogens is 480 g/mol. The molecule has 9 nitrogen and oxygen atoms in total. The maximum absolute atomic E-state index is 13.2. The fourth-order valence-corrected chi connectivity index (χ4v) is 6.92. The molecule has 2 N–H and O–H groups in total. The van der Waals surface area contributed by atoms with E-state index in [4.69, 9.17) is 9.73 Å². The van der Waals surface area contributed by atoms with E-state index in [2.05, 4.69) is 17.6 Å². The van der Waals surface area contributed by atoms with E-state index >= 15 is 0 Å². The SMILES string of the molecule is CCOc1cc(NC(C)=O)ccc1CCS(=O)(=O)N1CCC2(CC1)N=C(C1CCC(C)CC1)NC2=O. The number of hydrogen-bond acceptors (Lipinski definition) is 6. The van der Waals surface area contributed by atoms with Crippen LogP contribution in [0, 0.1) is 11.8 Å². The normalized spacial score (nSPS) is 24.3. The Morgan fingerprint density at radius 3 is 2.56 bits per heavy atom. The van der Waals surface area contributed by atoms with Crippen molar-refractivity contribution in [3.8, 4) is 5.75 Å². The van der Waals surface area contributed by atoms with Crippen molar-refractivity contribution >= 4 is 33.4 Å². The molecule has 2 amide bonds. The molecule has 198 valence electrons. The highest BCUT2D eigenvalue weighted by molar-refractivity contribution is 7.89. The van der Waals surface area contributed by atoms with Crippen LogP contribution in [0.25, 0.3) is 0 Å². The number of carbonyl (C=O) groups is 2. The van der Waals surface area contributed by atoms with Crippen LogP contribution in [0.3, 0.4) is 0 Å². The number of aryl methyl sites for hydroxylation is 1. The molecule has 2 heterocycles. The van der Waals surface area contributed by atoms with E-state index in [9.17, 15) is 18.0 Å². The van der Waals surface area contributed by atoms with Crippen LogP contribution in [0.15, 0.2) is 23.2 Å². The zero-order chi connectivity index (χ0) is 25.9. The zero-order valence-electron chi connectivity index (χ0n) is 21.5. The van der Waals surface area contributed by atoms with Crippen molar-refractivity contribution in [2.75, 3.05) is 30.8 Å². The molecule has 1 aromatic carbocycles. The first-order chi connectivity index (χ1) is 17.1. The fourth-order valence-electron chi connectivity index (χ4n) is 5.44. The molecule has 3 aliphatic rings. The van der Waals surface area contributed by atoms with Crippen molar-refractivity contribution < 1.29 is 22.7 Å². The van der Waals surface area contributed by atoms with Gasteiger partial charge < -0.3 is 15.4 Å². The van der Waals surface area contributed by atoms with Crippen molar-refractivity contribution in [3.05, 3.63) is 23.8 Å². The average molecular weight is 519 g/mol. The topological polar surface area (TPSA) is 117 Å². The highest BCUT2D eigenvalue weighted by Crippen LogP contribution is 2.36. The number of amidine groups is 1. The lowest BCUT2D eigenvalue weighted by atomic mass is 9.82. The summed E-state index contributed by atoms with van der Waals surface area (Å²) in [5, 5.41) is 5.76. The van der Waals surface area contributed by atoms with Gasteiger partial charge in [-0.15, -0.1) is 0 Å². The molecule has 1 spiro atoms. The molecule has 1 aromatic rings. The van der Waals surface area contributed by atoms with Crippen molar-refractivity contribution in [3.63, 3.8) is 0 Å². The van der Waals surface area contributed by atoms with Crippen LogP contribution in [0.4, 0.5) is 5.69 Å². The average Bonchev–Trinajstić information content (AvgIpc) is 3.14. The first kappa shape index (κ1) is 26.6. The Kier molecular flexibility index (Phi) is 8.04. The Hall–Kier alpha value is -2.46. The van der Waals surface area contributed by atoms with E-state index < -0.39 is 15.6 Å². The Bertz CT molecular complexity index is 1120. The van der Waals surface area contributed by atoms with Gasteiger partial charge in [-0.25, -0.2) is 12.7 Å². The molecule has 1 saturated carbocycles. The third-order valence-corrected chi connectivity index (χ3v) is 9.53. The van der Waals surface area contributed by atoms with Crippen LogP contribution < -0.4 is 15.4 Å². The second-order valence-corrected chi connectivity index (χ2v) is 12.4. The number of benzene rings is 1. The van der Waals surface area contributed by atoms with Gasteiger partial charge in [0.25, 0.3) is 5.91 Å². The van der Waals surface area contributed by atoms with Gasteiger partial charge in [0, 0.05) is 37.7 Å². The van der Waals surface area contributed by atoms with Crippen LogP contribution in [0.2, 0.25) is 0 Å². The molecule has 1 saturated heterocycles. The standard InChI is InChI=1S/C26H38N4O5S/c1-4-35-23-17-22(27-19(3)31)10-9-20(23)11-16-36(33,34)30-14-12-26(13-15-30)25(32)28-24(29-26)21-7-5-18(2)6-8-21/h9-10,17-18,21H,4-8,11-16H2,1-3H3,(H,27,31)(H,28,29,32). The molecule has 0 unspecified atom stereocenters. The second-order valence-electron chi connectivity index (χ2n) is 10.3. The molecule has 0 bridgehead atoms. The molecule has 2 fully saturated rings. The first-order valence-corrected chi connectivity index (χ1v) is 14.6. The van der Waals surface area contributed by atoms with Crippen molar-refractivity contribution in [1.82, 2.24) is 9.62 Å². The minimum atomic E-state index is -3.52. The summed E-state index contributed by atoms with van der Waals surface area (Å²) < 4.78 is 33.5. The predicted octanol–water partition coefficient (Wildman–Crippen LogP) is 3.11. The summed E-state index contributed by atoms with van der Waals surface area (Å²) in [6, 6.07) is 5.26. The van der Waals surface area contributed by atoms with Crippen LogP contribution in [-0.2, 0) is 26.0 Å². The maximum atomic E-state index is 13.2. The molecule has 4 rings (SSSR count). The number of nitrogens with one attached hydrogen (secondary N) is 2. The molecule has 0 aromatic heterocycles. The number of hydrogen-bond donors (Lipinski definition) is 2. The smallest absolute Gasteiger partial charge is 0.253 e. The van der Waals surface area contributed by atoms with Gasteiger partial charge in [-0.2, -0.15) is 0 Å². The third kappa shape index (κ3) is 5.91. The van der Waals surface area contributed by atoms with Gasteiger partial charge in [0.2, 0.25) is 15.9 Å². The molecule has 0 atom stereocenters. The monoisotopic (exact) mass is 518 g/mol. The number of rotatable bonds is 8. The van der Waals surface area contributed by atoms with Crippen LogP contribution in [0.5, 0.6) is 5.75 Å². The number of nitrogens with zero attached hydrogens (tertiary/aromatic N) is 2. The Morgan fingerprint density at radius 1 is 1.22 bits per heavy atom. The lowest BCUT2D eigenvalue weighted by Gasteiger charge is -2.34. The number of piperidine rings is 1. The van der Waals surface area contributed by atoms with E-state index in [1.807, 2.05) is 6.92 Å². The van der Waals surface area contributed by atoms with Gasteiger partial charge in [0.15, 0.2) is 0 Å². The summed E-state index contributed by atoms with van der Waals surface area (Å²) in [4.78, 5) is 29.1. The quantitative estimate of drug-likeness (QED) is 0.548. The van der Waals surface area contributed by atoms with E-state index in [1.165, 1.54) is 11.2 Å². The van der Waals surface area contributed by atoms with Crippen LogP contribution in [-0.4, -0.2) is 61.4 Å². The molecule has 36 heavy (non-hydrogen) atoms. The molecule has 1 aliphatic carbocycles. The predicted molar refractivity (Wildman–Crippen MR) is 140 cm³/mol. The summed E-state index contributed by atoms with van der Waals surface area (Å²) >= 11 is 0. The zero-order valence-corrected chi connectivity index (χ0v) is 22.3. The largest absolute Gasteiger partial charge is 0.494 e. The van der Waals surface area contributed by atoms with Gasteiger partial charge >= 0.3 is 0 Å². The molecular formula is C26H38N4O5S.